The highest BCUT2D eigenvalue weighted by atomic mass is 15.1. The summed E-state index contributed by atoms with van der Waals surface area (Å²) in [6, 6.07) is 0.425. The van der Waals surface area contributed by atoms with Crippen molar-refractivity contribution in [2.24, 2.45) is 28.9 Å². The lowest BCUT2D eigenvalue weighted by atomic mass is 9.72. The quantitative estimate of drug-likeness (QED) is 0.818. The first kappa shape index (κ1) is 14.3. The minimum absolute atomic E-state index is 0.425. The maximum Gasteiger partial charge on any atom is 0.00844 e. The van der Waals surface area contributed by atoms with Crippen molar-refractivity contribution in [2.45, 2.75) is 59.4 Å². The van der Waals surface area contributed by atoms with Crippen molar-refractivity contribution in [3.05, 3.63) is 0 Å². The lowest BCUT2D eigenvalue weighted by molar-refractivity contribution is 0.0644. The lowest BCUT2D eigenvalue weighted by Gasteiger charge is -2.44. The Morgan fingerprint density at radius 2 is 1.94 bits per heavy atom. The van der Waals surface area contributed by atoms with Crippen LogP contribution in [0.25, 0.3) is 0 Å². The second-order valence-electron chi connectivity index (χ2n) is 7.88. The Balaban J connectivity index is 1.92. The van der Waals surface area contributed by atoms with E-state index in [0.717, 1.165) is 17.8 Å². The third kappa shape index (κ3) is 3.48. The number of nitrogens with zero attached hydrogens (tertiary/aromatic N) is 1. The Morgan fingerprint density at radius 1 is 1.22 bits per heavy atom. The van der Waals surface area contributed by atoms with Crippen LogP contribution in [0.5, 0.6) is 0 Å². The smallest absolute Gasteiger partial charge is 0.00844 e. The van der Waals surface area contributed by atoms with Crippen molar-refractivity contribution in [1.29, 1.82) is 0 Å². The molecule has 2 N–H and O–H groups in total. The topological polar surface area (TPSA) is 29.3 Å². The fraction of sp³-hybridized carbons (Fsp3) is 1.00. The van der Waals surface area contributed by atoms with E-state index in [1.165, 1.54) is 45.3 Å². The van der Waals surface area contributed by atoms with E-state index >= 15 is 0 Å². The van der Waals surface area contributed by atoms with Gasteiger partial charge in [0, 0.05) is 19.1 Å². The van der Waals surface area contributed by atoms with Crippen LogP contribution in [0.4, 0.5) is 0 Å². The van der Waals surface area contributed by atoms with Gasteiger partial charge in [-0.2, -0.15) is 0 Å². The predicted molar refractivity (Wildman–Crippen MR) is 78.5 cm³/mol. The summed E-state index contributed by atoms with van der Waals surface area (Å²) < 4.78 is 0. The number of nitrogens with two attached hydrogens (primary N) is 1. The normalized spacial score (nSPS) is 41.8. The molecule has 4 unspecified atom stereocenters. The third-order valence-corrected chi connectivity index (χ3v) is 5.18. The maximum absolute atomic E-state index is 6.42. The molecule has 0 amide bonds. The summed E-state index contributed by atoms with van der Waals surface area (Å²) in [5.41, 5.74) is 6.93. The van der Waals surface area contributed by atoms with Crippen LogP contribution in [0.1, 0.15) is 53.4 Å². The number of hydrogen-bond donors (Lipinski definition) is 1. The first-order valence-corrected chi connectivity index (χ1v) is 7.85. The fourth-order valence-corrected chi connectivity index (χ4v) is 4.28. The molecule has 2 fully saturated rings. The van der Waals surface area contributed by atoms with Gasteiger partial charge in [-0.3, -0.25) is 0 Å². The average molecular weight is 252 g/mol. The summed E-state index contributed by atoms with van der Waals surface area (Å²) in [6.45, 7) is 13.4. The van der Waals surface area contributed by atoms with Gasteiger partial charge in [-0.25, -0.2) is 0 Å². The summed E-state index contributed by atoms with van der Waals surface area (Å²) in [6.07, 6.45) is 5.34. The molecule has 0 spiro atoms. The van der Waals surface area contributed by atoms with Gasteiger partial charge in [0.1, 0.15) is 0 Å². The van der Waals surface area contributed by atoms with Gasteiger partial charge in [0.2, 0.25) is 0 Å². The molecule has 0 aromatic rings. The summed E-state index contributed by atoms with van der Waals surface area (Å²) in [4.78, 5) is 2.68. The minimum atomic E-state index is 0.425. The Morgan fingerprint density at radius 3 is 2.56 bits per heavy atom. The molecule has 0 bridgehead atoms. The number of piperidine rings is 1. The molecule has 4 atom stereocenters. The van der Waals surface area contributed by atoms with Crippen molar-refractivity contribution >= 4 is 0 Å². The van der Waals surface area contributed by atoms with E-state index in [-0.39, 0.29) is 0 Å². The van der Waals surface area contributed by atoms with Crippen molar-refractivity contribution in [1.82, 2.24) is 4.90 Å². The van der Waals surface area contributed by atoms with E-state index in [0.29, 0.717) is 11.5 Å². The zero-order chi connectivity index (χ0) is 13.3. The van der Waals surface area contributed by atoms with Gasteiger partial charge in [0.05, 0.1) is 0 Å². The van der Waals surface area contributed by atoms with Crippen LogP contribution >= 0.6 is 0 Å². The van der Waals surface area contributed by atoms with Gasteiger partial charge >= 0.3 is 0 Å². The molecule has 1 saturated heterocycles. The molecule has 2 heteroatoms. The molecule has 106 valence electrons. The second kappa shape index (κ2) is 5.50. The molecule has 2 aliphatic rings. The van der Waals surface area contributed by atoms with Crippen molar-refractivity contribution in [2.75, 3.05) is 19.6 Å². The number of hydrogen-bond acceptors (Lipinski definition) is 2. The molecule has 0 aromatic carbocycles. The Bertz CT molecular complexity index is 262. The Kier molecular flexibility index (Phi) is 4.38. The maximum atomic E-state index is 6.42. The molecular weight excluding hydrogens is 220 g/mol. The molecular formula is C16H32N2. The van der Waals surface area contributed by atoms with E-state index in [9.17, 15) is 0 Å². The van der Waals surface area contributed by atoms with Crippen LogP contribution in [0.2, 0.25) is 0 Å². The van der Waals surface area contributed by atoms with Crippen LogP contribution < -0.4 is 5.73 Å². The van der Waals surface area contributed by atoms with E-state index < -0.39 is 0 Å². The molecule has 2 rings (SSSR count). The van der Waals surface area contributed by atoms with E-state index in [1.54, 1.807) is 0 Å². The fourth-order valence-electron chi connectivity index (χ4n) is 4.28. The predicted octanol–water partition coefficient (Wildman–Crippen LogP) is 3.12. The molecule has 2 nitrogen and oxygen atoms in total. The molecule has 1 saturated carbocycles. The van der Waals surface area contributed by atoms with Crippen LogP contribution in [0, 0.1) is 23.2 Å². The molecule has 0 aromatic heterocycles. The Hall–Kier alpha value is -0.0800. The minimum Gasteiger partial charge on any atom is -0.327 e. The average Bonchev–Trinajstić information content (AvgIpc) is 2.22. The van der Waals surface area contributed by atoms with E-state index in [4.69, 9.17) is 5.73 Å². The molecule has 0 radical (unpaired) electrons. The first-order valence-electron chi connectivity index (χ1n) is 7.85. The van der Waals surface area contributed by atoms with Crippen molar-refractivity contribution in [3.8, 4) is 0 Å². The number of rotatable bonds is 2. The van der Waals surface area contributed by atoms with Gasteiger partial charge < -0.3 is 10.6 Å². The molecule has 1 heterocycles. The summed E-state index contributed by atoms with van der Waals surface area (Å²) in [5.74, 6) is 2.34. The van der Waals surface area contributed by atoms with E-state index in [1.807, 2.05) is 0 Å². The SMILES string of the molecule is CC1CC(C)C(CN2CCCC(C)(C)C2)C(N)C1. The second-order valence-corrected chi connectivity index (χ2v) is 7.88. The van der Waals surface area contributed by atoms with Gasteiger partial charge in [-0.05, 0) is 55.4 Å². The molecule has 18 heavy (non-hydrogen) atoms. The monoisotopic (exact) mass is 252 g/mol. The van der Waals surface area contributed by atoms with Crippen LogP contribution in [-0.4, -0.2) is 30.6 Å². The summed E-state index contributed by atoms with van der Waals surface area (Å²) >= 11 is 0. The zero-order valence-electron chi connectivity index (χ0n) is 12.8. The summed E-state index contributed by atoms with van der Waals surface area (Å²) in [5, 5.41) is 0. The third-order valence-electron chi connectivity index (χ3n) is 5.18. The highest BCUT2D eigenvalue weighted by Crippen LogP contribution is 2.35. The van der Waals surface area contributed by atoms with Crippen LogP contribution in [-0.2, 0) is 0 Å². The lowest BCUT2D eigenvalue weighted by Crippen LogP contribution is -2.49. The highest BCUT2D eigenvalue weighted by Gasteiger charge is 2.35. The van der Waals surface area contributed by atoms with Crippen LogP contribution in [0.15, 0.2) is 0 Å². The van der Waals surface area contributed by atoms with Gasteiger partial charge in [0.15, 0.2) is 0 Å². The summed E-state index contributed by atoms with van der Waals surface area (Å²) in [7, 11) is 0. The number of likely N-dealkylation sites (tertiary alicyclic amines) is 1. The van der Waals surface area contributed by atoms with Crippen molar-refractivity contribution in [3.63, 3.8) is 0 Å². The van der Waals surface area contributed by atoms with Crippen LogP contribution in [0.3, 0.4) is 0 Å². The van der Waals surface area contributed by atoms with Gasteiger partial charge in [-0.1, -0.05) is 27.7 Å². The van der Waals surface area contributed by atoms with Crippen molar-refractivity contribution < 1.29 is 0 Å². The molecule has 1 aliphatic carbocycles. The standard InChI is InChI=1S/C16H32N2/c1-12-8-13(2)14(15(17)9-12)10-18-7-5-6-16(3,4)11-18/h12-15H,5-11,17H2,1-4H3. The zero-order valence-corrected chi connectivity index (χ0v) is 12.8. The van der Waals surface area contributed by atoms with E-state index in [2.05, 4.69) is 32.6 Å². The largest absolute Gasteiger partial charge is 0.327 e. The van der Waals surface area contributed by atoms with Gasteiger partial charge in [-0.15, -0.1) is 0 Å². The Labute approximate surface area is 113 Å². The van der Waals surface area contributed by atoms with Gasteiger partial charge in [0.25, 0.3) is 0 Å². The first-order chi connectivity index (χ1) is 8.37. The molecule has 1 aliphatic heterocycles. The highest BCUT2D eigenvalue weighted by molar-refractivity contribution is 4.89.